The molecule has 0 spiro atoms. The largest absolute Gasteiger partial charge is 0.489 e. The van der Waals surface area contributed by atoms with Crippen LogP contribution in [-0.2, 0) is 19.1 Å². The molecule has 68 valence electrons. The molecule has 12 heavy (non-hydrogen) atoms. The first-order valence-electron chi connectivity index (χ1n) is 3.25. The van der Waals surface area contributed by atoms with Gasteiger partial charge < -0.3 is 14.3 Å². The van der Waals surface area contributed by atoms with E-state index in [-0.39, 0.29) is 11.5 Å². The molecule has 0 amide bonds. The molecule has 0 aliphatic carbocycles. The van der Waals surface area contributed by atoms with Gasteiger partial charge in [0.15, 0.2) is 5.05 Å². The number of rotatable bonds is 4. The summed E-state index contributed by atoms with van der Waals surface area (Å²) in [5, 5.41) is 0.107. The molecule has 1 unspecified atom stereocenters. The molecule has 0 saturated heterocycles. The summed E-state index contributed by atoms with van der Waals surface area (Å²) in [6.45, 7) is 0. The van der Waals surface area contributed by atoms with E-state index in [0.717, 1.165) is 0 Å². The predicted molar refractivity (Wildman–Crippen MR) is 45.8 cm³/mol. The van der Waals surface area contributed by atoms with E-state index in [2.05, 4.69) is 21.7 Å². The number of hydrogen-bond donors (Lipinski definition) is 0. The molecule has 0 heterocycles. The van der Waals surface area contributed by atoms with E-state index in [9.17, 15) is 9.59 Å². The van der Waals surface area contributed by atoms with E-state index in [1.165, 1.54) is 14.2 Å². The molecule has 0 aliphatic heterocycles. The average molecular weight is 190 g/mol. The fourth-order valence-electron chi connectivity index (χ4n) is 0.601. The Morgan fingerprint density at radius 2 is 2.08 bits per heavy atom. The minimum absolute atomic E-state index is 0.0628. The van der Waals surface area contributed by atoms with E-state index < -0.39 is 11.9 Å². The van der Waals surface area contributed by atoms with Crippen molar-refractivity contribution in [3.63, 3.8) is 0 Å². The SMILES string of the molecule is COC(=O)CC(C=O)C(=S)OC. The summed E-state index contributed by atoms with van der Waals surface area (Å²) < 4.78 is 9.01. The van der Waals surface area contributed by atoms with Crippen LogP contribution in [0.15, 0.2) is 0 Å². The zero-order chi connectivity index (χ0) is 9.56. The Morgan fingerprint density at radius 1 is 1.50 bits per heavy atom. The van der Waals surface area contributed by atoms with E-state index in [0.29, 0.717) is 6.29 Å². The van der Waals surface area contributed by atoms with Gasteiger partial charge in [-0.3, -0.25) is 4.79 Å². The van der Waals surface area contributed by atoms with Crippen LogP contribution in [0.3, 0.4) is 0 Å². The van der Waals surface area contributed by atoms with Gasteiger partial charge in [-0.2, -0.15) is 0 Å². The zero-order valence-corrected chi connectivity index (χ0v) is 7.72. The van der Waals surface area contributed by atoms with Gasteiger partial charge in [-0.1, -0.05) is 0 Å². The molecule has 4 nitrogen and oxygen atoms in total. The van der Waals surface area contributed by atoms with Crippen LogP contribution < -0.4 is 0 Å². The Labute approximate surface area is 75.8 Å². The molecular weight excluding hydrogens is 180 g/mol. The number of carbonyl (C=O) groups is 2. The van der Waals surface area contributed by atoms with Crippen LogP contribution in [0, 0.1) is 5.92 Å². The fraction of sp³-hybridized carbons (Fsp3) is 0.571. The Balaban J connectivity index is 4.08. The third-order valence-electron chi connectivity index (χ3n) is 1.28. The molecule has 5 heteroatoms. The lowest BCUT2D eigenvalue weighted by Gasteiger charge is -2.08. The molecule has 0 rings (SSSR count). The van der Waals surface area contributed by atoms with Crippen LogP contribution in [0.5, 0.6) is 0 Å². The smallest absolute Gasteiger partial charge is 0.306 e. The summed E-state index contributed by atoms with van der Waals surface area (Å²) in [5.41, 5.74) is 0. The van der Waals surface area contributed by atoms with Crippen molar-refractivity contribution in [2.75, 3.05) is 14.2 Å². The Kier molecular flexibility index (Phi) is 5.19. The van der Waals surface area contributed by atoms with Crippen molar-refractivity contribution in [1.29, 1.82) is 0 Å². The Morgan fingerprint density at radius 3 is 2.42 bits per heavy atom. The van der Waals surface area contributed by atoms with E-state index in [1.807, 2.05) is 0 Å². The predicted octanol–water partition coefficient (Wildman–Crippen LogP) is 0.338. The van der Waals surface area contributed by atoms with Gasteiger partial charge in [0.05, 0.1) is 26.6 Å². The Hall–Kier alpha value is -0.970. The van der Waals surface area contributed by atoms with Crippen LogP contribution in [-0.4, -0.2) is 31.5 Å². The molecule has 0 bridgehead atoms. The summed E-state index contributed by atoms with van der Waals surface area (Å²) in [6, 6.07) is 0. The third kappa shape index (κ3) is 3.43. The highest BCUT2D eigenvalue weighted by Gasteiger charge is 2.18. The van der Waals surface area contributed by atoms with Crippen molar-refractivity contribution in [3.8, 4) is 0 Å². The number of carbonyl (C=O) groups excluding carboxylic acids is 2. The lowest BCUT2D eigenvalue weighted by molar-refractivity contribution is -0.142. The second-order valence-electron chi connectivity index (χ2n) is 2.05. The minimum Gasteiger partial charge on any atom is -0.489 e. The van der Waals surface area contributed by atoms with Gasteiger partial charge in [-0.15, -0.1) is 0 Å². The first kappa shape index (κ1) is 11.0. The standard InChI is InChI=1S/C7H10O4S/c1-10-6(9)3-5(4-8)7(12)11-2/h4-5H,3H2,1-2H3. The van der Waals surface area contributed by atoms with Crippen molar-refractivity contribution in [3.05, 3.63) is 0 Å². The lowest BCUT2D eigenvalue weighted by Crippen LogP contribution is -2.20. The number of esters is 1. The van der Waals surface area contributed by atoms with Gasteiger partial charge in [-0.05, 0) is 12.2 Å². The maximum absolute atomic E-state index is 10.7. The minimum atomic E-state index is -0.683. The average Bonchev–Trinajstić information content (AvgIpc) is 2.12. The normalized spacial score (nSPS) is 11.5. The van der Waals surface area contributed by atoms with E-state index in [4.69, 9.17) is 0 Å². The van der Waals surface area contributed by atoms with Crippen LogP contribution in [0.4, 0.5) is 0 Å². The van der Waals surface area contributed by atoms with Crippen molar-refractivity contribution in [1.82, 2.24) is 0 Å². The third-order valence-corrected chi connectivity index (χ3v) is 1.75. The van der Waals surface area contributed by atoms with Gasteiger partial charge in [0.2, 0.25) is 0 Å². The number of methoxy groups -OCH3 is 2. The molecule has 0 saturated carbocycles. The number of thiocarbonyl (C=S) groups is 1. The second-order valence-corrected chi connectivity index (χ2v) is 2.45. The van der Waals surface area contributed by atoms with Gasteiger partial charge in [0.25, 0.3) is 0 Å². The highest BCUT2D eigenvalue weighted by molar-refractivity contribution is 7.80. The highest BCUT2D eigenvalue weighted by Crippen LogP contribution is 2.04. The van der Waals surface area contributed by atoms with E-state index in [1.54, 1.807) is 0 Å². The van der Waals surface area contributed by atoms with Crippen LogP contribution in [0.2, 0.25) is 0 Å². The maximum Gasteiger partial charge on any atom is 0.306 e. The molecular formula is C7H10O4S. The number of hydrogen-bond acceptors (Lipinski definition) is 5. The summed E-state index contributed by atoms with van der Waals surface area (Å²) in [4.78, 5) is 21.1. The van der Waals surface area contributed by atoms with Crippen LogP contribution >= 0.6 is 12.2 Å². The molecule has 0 fully saturated rings. The molecule has 0 aromatic carbocycles. The molecule has 0 aliphatic rings. The molecule has 0 radical (unpaired) electrons. The second kappa shape index (κ2) is 5.65. The summed E-state index contributed by atoms with van der Waals surface area (Å²) in [5.74, 6) is -1.16. The molecule has 0 aromatic rings. The molecule has 0 aromatic heterocycles. The molecule has 0 N–H and O–H groups in total. The summed E-state index contributed by atoms with van der Waals surface area (Å²) in [6.07, 6.45) is 0.509. The van der Waals surface area contributed by atoms with Gasteiger partial charge >= 0.3 is 5.97 Å². The Bertz CT molecular complexity index is 190. The van der Waals surface area contributed by atoms with Crippen LogP contribution in [0.1, 0.15) is 6.42 Å². The van der Waals surface area contributed by atoms with Gasteiger partial charge in [0, 0.05) is 0 Å². The first-order valence-corrected chi connectivity index (χ1v) is 3.66. The van der Waals surface area contributed by atoms with Crippen molar-refractivity contribution < 1.29 is 19.1 Å². The lowest BCUT2D eigenvalue weighted by atomic mass is 10.1. The topological polar surface area (TPSA) is 52.6 Å². The maximum atomic E-state index is 10.7. The van der Waals surface area contributed by atoms with Crippen LogP contribution in [0.25, 0.3) is 0 Å². The first-order chi connectivity index (χ1) is 5.65. The van der Waals surface area contributed by atoms with Crippen molar-refractivity contribution >= 4 is 29.5 Å². The number of aldehydes is 1. The summed E-state index contributed by atoms with van der Waals surface area (Å²) in [7, 11) is 2.61. The number of ether oxygens (including phenoxy) is 2. The molecule has 1 atom stereocenters. The summed E-state index contributed by atoms with van der Waals surface area (Å²) >= 11 is 4.68. The van der Waals surface area contributed by atoms with Gasteiger partial charge in [-0.25, -0.2) is 0 Å². The highest BCUT2D eigenvalue weighted by atomic mass is 32.1. The quantitative estimate of drug-likeness (QED) is 0.363. The van der Waals surface area contributed by atoms with Crippen molar-refractivity contribution in [2.24, 2.45) is 5.92 Å². The zero-order valence-electron chi connectivity index (χ0n) is 6.90. The van der Waals surface area contributed by atoms with Gasteiger partial charge in [0.1, 0.15) is 6.29 Å². The van der Waals surface area contributed by atoms with Crippen molar-refractivity contribution in [2.45, 2.75) is 6.42 Å². The van der Waals surface area contributed by atoms with E-state index >= 15 is 0 Å². The fourth-order valence-corrected chi connectivity index (χ4v) is 0.740. The monoisotopic (exact) mass is 190 g/mol.